The maximum atomic E-state index is 10.9. The molecule has 0 spiro atoms. The number of primary amides is 1. The highest BCUT2D eigenvalue weighted by Crippen LogP contribution is 2.28. The molecule has 1 amide bonds. The second-order valence-electron chi connectivity index (χ2n) is 7.09. The molecule has 1 aliphatic rings. The average Bonchev–Trinajstić information content (AvgIpc) is 3.06. The third kappa shape index (κ3) is 3.72. The first-order valence-corrected chi connectivity index (χ1v) is 9.24. The maximum absolute atomic E-state index is 10.9. The summed E-state index contributed by atoms with van der Waals surface area (Å²) in [6.07, 6.45) is 7.23. The second-order valence-corrected chi connectivity index (χ2v) is 7.09. The number of aromatic amines is 1. The number of amides is 1. The van der Waals surface area contributed by atoms with Crippen LogP contribution in [-0.4, -0.2) is 16.1 Å². The van der Waals surface area contributed by atoms with E-state index in [0.717, 1.165) is 28.3 Å². The van der Waals surface area contributed by atoms with Crippen molar-refractivity contribution < 1.29 is 9.53 Å². The number of rotatable bonds is 4. The van der Waals surface area contributed by atoms with Gasteiger partial charge in [-0.1, -0.05) is 56.4 Å². The van der Waals surface area contributed by atoms with Crippen molar-refractivity contribution in [3.05, 3.63) is 48.0 Å². The van der Waals surface area contributed by atoms with Crippen LogP contribution in [0.25, 0.3) is 22.4 Å². The number of H-pyrrole nitrogens is 1. The van der Waals surface area contributed by atoms with E-state index >= 15 is 0 Å². The van der Waals surface area contributed by atoms with Gasteiger partial charge in [-0.15, -0.1) is 0 Å². The van der Waals surface area contributed by atoms with Gasteiger partial charge in [-0.3, -0.25) is 0 Å². The topological polar surface area (TPSA) is 81.0 Å². The highest BCUT2D eigenvalue weighted by Gasteiger charge is 2.14. The van der Waals surface area contributed by atoms with Crippen LogP contribution < -0.4 is 10.5 Å². The van der Waals surface area contributed by atoms with Crippen LogP contribution in [0.1, 0.15) is 37.7 Å². The first-order chi connectivity index (χ1) is 12.7. The Morgan fingerprint density at radius 1 is 1.12 bits per heavy atom. The second kappa shape index (κ2) is 7.20. The SMILES string of the molecule is NC(=O)Oc1ccc2[nH]c(-c3ccc(CC4CCCCC4)cc3)nc2c1. The number of fused-ring (bicyclic) bond motifs is 1. The first-order valence-electron chi connectivity index (χ1n) is 9.24. The number of hydrogen-bond acceptors (Lipinski definition) is 3. The summed E-state index contributed by atoms with van der Waals surface area (Å²) < 4.78 is 4.91. The fourth-order valence-corrected chi connectivity index (χ4v) is 3.83. The van der Waals surface area contributed by atoms with Crippen molar-refractivity contribution in [2.45, 2.75) is 38.5 Å². The molecule has 2 aromatic carbocycles. The molecule has 1 saturated carbocycles. The molecule has 1 aliphatic carbocycles. The highest BCUT2D eigenvalue weighted by molar-refractivity contribution is 5.81. The number of nitrogens with zero attached hydrogens (tertiary/aromatic N) is 1. The molecule has 1 aromatic heterocycles. The Kier molecular flexibility index (Phi) is 4.61. The molecule has 0 bridgehead atoms. The minimum atomic E-state index is -0.825. The molecular formula is C21H23N3O2. The average molecular weight is 349 g/mol. The van der Waals surface area contributed by atoms with Gasteiger partial charge >= 0.3 is 6.09 Å². The van der Waals surface area contributed by atoms with Gasteiger partial charge in [0.25, 0.3) is 0 Å². The van der Waals surface area contributed by atoms with E-state index in [1.54, 1.807) is 12.1 Å². The molecule has 0 radical (unpaired) electrons. The summed E-state index contributed by atoms with van der Waals surface area (Å²) >= 11 is 0. The highest BCUT2D eigenvalue weighted by atomic mass is 16.5. The molecule has 0 atom stereocenters. The van der Waals surface area contributed by atoms with E-state index in [2.05, 4.69) is 34.2 Å². The Bertz CT molecular complexity index is 909. The van der Waals surface area contributed by atoms with E-state index in [-0.39, 0.29) is 0 Å². The van der Waals surface area contributed by atoms with Crippen LogP contribution in [0.4, 0.5) is 4.79 Å². The van der Waals surface area contributed by atoms with Crippen LogP contribution in [0.5, 0.6) is 5.75 Å². The van der Waals surface area contributed by atoms with Crippen molar-refractivity contribution in [1.29, 1.82) is 0 Å². The number of benzene rings is 2. The molecule has 3 aromatic rings. The van der Waals surface area contributed by atoms with Crippen LogP contribution >= 0.6 is 0 Å². The lowest BCUT2D eigenvalue weighted by atomic mass is 9.85. The quantitative estimate of drug-likeness (QED) is 0.709. The van der Waals surface area contributed by atoms with E-state index in [9.17, 15) is 4.79 Å². The minimum absolute atomic E-state index is 0.394. The van der Waals surface area contributed by atoms with Gasteiger partial charge in [0.05, 0.1) is 11.0 Å². The standard InChI is InChI=1S/C21H23N3O2/c22-21(25)26-17-10-11-18-19(13-17)24-20(23-18)16-8-6-15(7-9-16)12-14-4-2-1-3-5-14/h6-11,13-14H,1-5,12H2,(H2,22,25)(H,23,24). The van der Waals surface area contributed by atoms with Crippen LogP contribution in [-0.2, 0) is 6.42 Å². The number of carbonyl (C=O) groups excluding carboxylic acids is 1. The van der Waals surface area contributed by atoms with Crippen molar-refractivity contribution in [1.82, 2.24) is 9.97 Å². The van der Waals surface area contributed by atoms with Crippen molar-refractivity contribution >= 4 is 17.1 Å². The zero-order valence-corrected chi connectivity index (χ0v) is 14.7. The van der Waals surface area contributed by atoms with Crippen LogP contribution in [0.2, 0.25) is 0 Å². The molecule has 4 rings (SSSR count). The van der Waals surface area contributed by atoms with Crippen molar-refractivity contribution in [3.8, 4) is 17.1 Å². The van der Waals surface area contributed by atoms with Gasteiger partial charge in [-0.25, -0.2) is 9.78 Å². The summed E-state index contributed by atoms with van der Waals surface area (Å²) in [5.41, 5.74) is 9.13. The molecule has 1 heterocycles. The summed E-state index contributed by atoms with van der Waals surface area (Å²) in [5.74, 6) is 2.04. The monoisotopic (exact) mass is 349 g/mol. The normalized spacial score (nSPS) is 15.2. The van der Waals surface area contributed by atoms with E-state index in [1.807, 2.05) is 6.07 Å². The Balaban J connectivity index is 1.52. The lowest BCUT2D eigenvalue weighted by molar-refractivity contribution is 0.211. The van der Waals surface area contributed by atoms with Gasteiger partial charge in [0, 0.05) is 11.6 Å². The molecule has 5 heteroatoms. The van der Waals surface area contributed by atoms with Crippen molar-refractivity contribution in [2.24, 2.45) is 11.7 Å². The molecule has 134 valence electrons. The van der Waals surface area contributed by atoms with E-state index in [1.165, 1.54) is 44.1 Å². The molecule has 0 saturated heterocycles. The van der Waals surface area contributed by atoms with Gasteiger partial charge in [0.15, 0.2) is 0 Å². The maximum Gasteiger partial charge on any atom is 0.409 e. The molecule has 3 N–H and O–H groups in total. The molecule has 0 aliphatic heterocycles. The molecule has 0 unspecified atom stereocenters. The predicted octanol–water partition coefficient (Wildman–Crippen LogP) is 4.81. The zero-order valence-electron chi connectivity index (χ0n) is 14.7. The Morgan fingerprint density at radius 3 is 2.62 bits per heavy atom. The van der Waals surface area contributed by atoms with Crippen LogP contribution in [0, 0.1) is 5.92 Å². The Labute approximate surface area is 152 Å². The van der Waals surface area contributed by atoms with E-state index in [4.69, 9.17) is 10.5 Å². The number of hydrogen-bond donors (Lipinski definition) is 2. The van der Waals surface area contributed by atoms with Gasteiger partial charge in [-0.2, -0.15) is 0 Å². The summed E-state index contributed by atoms with van der Waals surface area (Å²) in [6, 6.07) is 13.9. The number of aromatic nitrogens is 2. The summed E-state index contributed by atoms with van der Waals surface area (Å²) in [5, 5.41) is 0. The third-order valence-electron chi connectivity index (χ3n) is 5.15. The number of carbonyl (C=O) groups is 1. The number of ether oxygens (including phenoxy) is 1. The molecule has 5 nitrogen and oxygen atoms in total. The molecule has 1 fully saturated rings. The summed E-state index contributed by atoms with van der Waals surface area (Å²) in [6.45, 7) is 0. The van der Waals surface area contributed by atoms with Crippen molar-refractivity contribution in [2.75, 3.05) is 0 Å². The van der Waals surface area contributed by atoms with Gasteiger partial charge in [0.1, 0.15) is 11.6 Å². The van der Waals surface area contributed by atoms with Crippen LogP contribution in [0.15, 0.2) is 42.5 Å². The zero-order chi connectivity index (χ0) is 17.9. The van der Waals surface area contributed by atoms with E-state index in [0.29, 0.717) is 5.75 Å². The molecule has 26 heavy (non-hydrogen) atoms. The van der Waals surface area contributed by atoms with Gasteiger partial charge in [-0.05, 0) is 30.0 Å². The smallest absolute Gasteiger partial charge is 0.409 e. The number of nitrogens with one attached hydrogen (secondary N) is 1. The van der Waals surface area contributed by atoms with Crippen molar-refractivity contribution in [3.63, 3.8) is 0 Å². The van der Waals surface area contributed by atoms with E-state index < -0.39 is 6.09 Å². The fraction of sp³-hybridized carbons (Fsp3) is 0.333. The number of nitrogens with two attached hydrogens (primary N) is 1. The fourth-order valence-electron chi connectivity index (χ4n) is 3.83. The van der Waals surface area contributed by atoms with Gasteiger partial charge in [0.2, 0.25) is 0 Å². The first kappa shape index (κ1) is 16.6. The number of imidazole rings is 1. The minimum Gasteiger partial charge on any atom is -0.410 e. The lowest BCUT2D eigenvalue weighted by Gasteiger charge is -2.21. The lowest BCUT2D eigenvalue weighted by Crippen LogP contribution is -2.16. The third-order valence-corrected chi connectivity index (χ3v) is 5.15. The van der Waals surface area contributed by atoms with Gasteiger partial charge < -0.3 is 15.5 Å². The Hall–Kier alpha value is -2.82. The summed E-state index contributed by atoms with van der Waals surface area (Å²) in [7, 11) is 0. The Morgan fingerprint density at radius 2 is 1.88 bits per heavy atom. The summed E-state index contributed by atoms with van der Waals surface area (Å²) in [4.78, 5) is 18.8. The predicted molar refractivity (Wildman–Crippen MR) is 102 cm³/mol. The molecular weight excluding hydrogens is 326 g/mol. The largest absolute Gasteiger partial charge is 0.410 e. The van der Waals surface area contributed by atoms with Crippen LogP contribution in [0.3, 0.4) is 0 Å².